The molecule has 30 nitrogen and oxygen atoms in total. The van der Waals surface area contributed by atoms with Gasteiger partial charge >= 0.3 is 0 Å². The predicted octanol–water partition coefficient (Wildman–Crippen LogP) is 27.9. The largest absolute Gasteiger partial charge is 0.324 e. The van der Waals surface area contributed by atoms with Crippen LogP contribution in [0.2, 0.25) is 0 Å². The van der Waals surface area contributed by atoms with Crippen molar-refractivity contribution in [3.8, 4) is 0 Å². The Hall–Kier alpha value is -19.7. The van der Waals surface area contributed by atoms with E-state index in [2.05, 4.69) is 219 Å². The van der Waals surface area contributed by atoms with Gasteiger partial charge in [0.15, 0.2) is 0 Å². The Morgan fingerprint density at radius 1 is 0.147 bits per heavy atom. The van der Waals surface area contributed by atoms with E-state index >= 15 is 0 Å². The van der Waals surface area contributed by atoms with Crippen LogP contribution in [-0.4, -0.2) is 74.8 Å². The molecule has 0 saturated heterocycles. The molecule has 0 aliphatic carbocycles. The molecule has 0 aliphatic heterocycles. The average molecular weight is 1880 g/mol. The van der Waals surface area contributed by atoms with Gasteiger partial charge in [0, 0.05) is 85.3 Å². The summed E-state index contributed by atoms with van der Waals surface area (Å²) in [6.07, 6.45) is 0.915. The molecular weight excluding hydrogens is 1780 g/mol. The van der Waals surface area contributed by atoms with Crippen molar-refractivity contribution in [2.24, 2.45) is 0 Å². The van der Waals surface area contributed by atoms with Crippen molar-refractivity contribution >= 4 is 175 Å². The number of hydrogen-bond donors (Lipinski definition) is 15. The second-order valence-electron chi connectivity index (χ2n) is 32.3. The molecule has 0 radical (unpaired) electrons. The van der Waals surface area contributed by atoms with E-state index in [-0.39, 0.29) is 0 Å². The molecule has 0 spiro atoms. The molecule has 0 aliphatic rings. The van der Waals surface area contributed by atoms with Crippen molar-refractivity contribution in [1.29, 1.82) is 0 Å². The minimum absolute atomic E-state index is 0.454. The number of nitrogens with one attached hydrogen (secondary N) is 15. The van der Waals surface area contributed by atoms with Gasteiger partial charge in [0.25, 0.3) is 0 Å². The highest BCUT2D eigenvalue weighted by atomic mass is 15.3. The number of nitrogens with zero attached hydrogens (tertiary/aromatic N) is 15. The minimum atomic E-state index is 0.454. The lowest BCUT2D eigenvalue weighted by molar-refractivity contribution is 1.06. The van der Waals surface area contributed by atoms with Gasteiger partial charge in [-0.05, 0) is 233 Å². The molecule has 0 bridgehead atoms. The van der Waals surface area contributed by atoms with Gasteiger partial charge in [0.05, 0.1) is 0 Å². The van der Waals surface area contributed by atoms with Gasteiger partial charge in [-0.2, -0.15) is 74.8 Å². The van der Waals surface area contributed by atoms with Crippen LogP contribution in [0.4, 0.5) is 175 Å². The summed E-state index contributed by atoms with van der Waals surface area (Å²) >= 11 is 0. The molecule has 5 aromatic heterocycles. The van der Waals surface area contributed by atoms with Crippen molar-refractivity contribution in [3.05, 3.63) is 451 Å². The topological polar surface area (TPSA) is 374 Å². The lowest BCUT2D eigenvalue weighted by atomic mass is 10.1. The fourth-order valence-corrected chi connectivity index (χ4v) is 14.2. The summed E-state index contributed by atoms with van der Waals surface area (Å²) in [5.41, 5.74) is 21.9. The summed E-state index contributed by atoms with van der Waals surface area (Å²) in [5, 5.41) is 48.9. The maximum absolute atomic E-state index is 4.56. The quantitative estimate of drug-likeness (QED) is 0.0192. The monoisotopic (exact) mass is 1880 g/mol. The summed E-state index contributed by atoms with van der Waals surface area (Å²) in [6.45, 7) is 14.5. The third-order valence-electron chi connectivity index (χ3n) is 21.1. The van der Waals surface area contributed by atoms with Crippen LogP contribution in [0.1, 0.15) is 45.9 Å². The van der Waals surface area contributed by atoms with Crippen LogP contribution in [-0.2, 0) is 6.42 Å². The Labute approximate surface area is 830 Å². The summed E-state index contributed by atoms with van der Waals surface area (Å²) in [5.74, 6) is 6.87. The molecule has 20 aromatic rings. The predicted molar refractivity (Wildman–Crippen MR) is 583 cm³/mol. The van der Waals surface area contributed by atoms with Crippen LogP contribution in [0.15, 0.2) is 413 Å². The first-order chi connectivity index (χ1) is 70.1. The number of aryl methyl sites for hydroxylation is 7. The fourth-order valence-electron chi connectivity index (χ4n) is 14.2. The number of aromatic nitrogens is 15. The smallest absolute Gasteiger partial charge is 0.233 e. The molecule has 0 amide bonds. The Bertz CT molecular complexity index is 7100. The first-order valence-electron chi connectivity index (χ1n) is 46.3. The van der Waals surface area contributed by atoms with Crippen molar-refractivity contribution in [1.82, 2.24) is 74.8 Å². The third-order valence-corrected chi connectivity index (χ3v) is 21.1. The van der Waals surface area contributed by atoms with Crippen molar-refractivity contribution in [3.63, 3.8) is 0 Å². The summed E-state index contributed by atoms with van der Waals surface area (Å²) < 4.78 is 0. The SMILES string of the molecule is CCc1ccccc1Nc1nc(Nc2ccccc2)nc(Nc2ccccc2)n1.Cc1ccc(Nc2nc(Nc3ccccc3)nc(Nc3ccccc3)n2)c(C)c1.Cc1cccc(C)c1Nc1nc(Nc2ccccc2)nc(Nc2ccccc2)n1.Cc1cccc(Nc2nc(Nc3ccccc3)nc(Nc3ccccc3)n2)c1.Cc1ccccc1Nc1nc(Nc2ccccc2)nc(Nc2ccccc2)n1. The Morgan fingerprint density at radius 2 is 0.343 bits per heavy atom. The van der Waals surface area contributed by atoms with E-state index in [0.717, 1.165) is 120 Å². The standard InChI is InChI=1S/3C23H22N6.2C22H20N6/c1-16-10-9-11-17(2)20(16)26-23-28-21(24-18-12-5-3-6-13-18)27-22(29-23)25-19-14-7-4-8-15-19;1-16-13-14-20(17(2)15-16)26-23-28-21(24-18-9-5-3-6-10-18)27-22(29-23)25-19-11-7-4-8-12-19;1-2-17-11-9-10-16-20(17)26-23-28-21(24-18-12-5-3-6-13-18)27-22(29-23)25-19-14-7-4-8-15-19;1-16-10-8-9-15-19(16)25-22-27-20(23-17-11-4-2-5-12-17)26-21(28-22)24-18-13-6-3-7-14-18;1-16-9-8-14-19(15-16)25-22-27-20(23-17-10-4-2-5-11-17)26-21(28-22)24-18-12-6-3-7-13-18/h2*3-15H,1-2H3,(H3,24,25,26,27,28,29);3-16H,2H2,1H3,(H3,24,25,26,27,28,29);2*2-15H,1H3,(H3,23,24,25,26,27,28). The number of rotatable bonds is 31. The van der Waals surface area contributed by atoms with Crippen LogP contribution >= 0.6 is 0 Å². The van der Waals surface area contributed by atoms with Gasteiger partial charge in [0.1, 0.15) is 0 Å². The highest BCUT2D eigenvalue weighted by molar-refractivity contribution is 5.72. The average Bonchev–Trinajstić information content (AvgIpc) is 0.828. The van der Waals surface area contributed by atoms with E-state index in [9.17, 15) is 0 Å². The van der Waals surface area contributed by atoms with Gasteiger partial charge in [-0.25, -0.2) is 0 Å². The van der Waals surface area contributed by atoms with Crippen LogP contribution in [0, 0.1) is 41.5 Å². The van der Waals surface area contributed by atoms with Gasteiger partial charge in [-0.15, -0.1) is 0 Å². The maximum atomic E-state index is 4.56. The van der Waals surface area contributed by atoms with Gasteiger partial charge in [0.2, 0.25) is 89.2 Å². The second kappa shape index (κ2) is 49.7. The molecule has 143 heavy (non-hydrogen) atoms. The highest BCUT2D eigenvalue weighted by Gasteiger charge is 2.18. The molecule has 0 atom stereocenters. The van der Waals surface area contributed by atoms with Gasteiger partial charge in [-0.3, -0.25) is 0 Å². The number of benzene rings is 15. The maximum Gasteiger partial charge on any atom is 0.233 e. The molecular formula is C113H106N30. The zero-order chi connectivity index (χ0) is 98.4. The molecule has 5 heterocycles. The highest BCUT2D eigenvalue weighted by Crippen LogP contribution is 2.32. The lowest BCUT2D eigenvalue weighted by Crippen LogP contribution is -2.08. The lowest BCUT2D eigenvalue weighted by Gasteiger charge is -2.14. The first-order valence-corrected chi connectivity index (χ1v) is 46.3. The molecule has 0 unspecified atom stereocenters. The van der Waals surface area contributed by atoms with Crippen LogP contribution in [0.5, 0.6) is 0 Å². The summed E-state index contributed by atoms with van der Waals surface area (Å²) in [6, 6.07) is 135. The molecule has 708 valence electrons. The Morgan fingerprint density at radius 3 is 0.601 bits per heavy atom. The van der Waals surface area contributed by atoms with Gasteiger partial charge in [-0.1, -0.05) is 273 Å². The molecule has 15 aromatic carbocycles. The van der Waals surface area contributed by atoms with Crippen LogP contribution in [0.3, 0.4) is 0 Å². The van der Waals surface area contributed by atoms with Gasteiger partial charge < -0.3 is 79.8 Å². The van der Waals surface area contributed by atoms with Crippen molar-refractivity contribution in [2.75, 3.05) is 79.8 Å². The molecule has 30 heteroatoms. The first kappa shape index (κ1) is 96.5. The number of para-hydroxylation sites is 13. The van der Waals surface area contributed by atoms with E-state index in [0.29, 0.717) is 89.2 Å². The molecule has 0 fully saturated rings. The molecule has 20 rings (SSSR count). The Kier molecular flexibility index (Phi) is 33.5. The number of hydrogen-bond acceptors (Lipinski definition) is 30. The van der Waals surface area contributed by atoms with E-state index in [1.54, 1.807) is 0 Å². The van der Waals surface area contributed by atoms with Crippen molar-refractivity contribution < 1.29 is 0 Å². The zero-order valence-electron chi connectivity index (χ0n) is 79.7. The van der Waals surface area contributed by atoms with Crippen LogP contribution < -0.4 is 79.8 Å². The number of anilines is 30. The van der Waals surface area contributed by atoms with E-state index in [1.807, 2.05) is 396 Å². The van der Waals surface area contributed by atoms with E-state index < -0.39 is 0 Å². The summed E-state index contributed by atoms with van der Waals surface area (Å²) in [4.78, 5) is 68.0. The summed E-state index contributed by atoms with van der Waals surface area (Å²) in [7, 11) is 0. The van der Waals surface area contributed by atoms with Crippen LogP contribution in [0.25, 0.3) is 0 Å². The van der Waals surface area contributed by atoms with E-state index in [4.69, 9.17) is 0 Å². The molecule has 0 saturated carbocycles. The van der Waals surface area contributed by atoms with Crippen molar-refractivity contribution in [2.45, 2.75) is 54.9 Å². The normalized spacial score (nSPS) is 10.4. The zero-order valence-corrected chi connectivity index (χ0v) is 79.7. The molecule has 15 N–H and O–H groups in total. The van der Waals surface area contributed by atoms with E-state index in [1.165, 1.54) is 11.1 Å². The Balaban J connectivity index is 0.000000128. The fraction of sp³-hybridized carbons (Fsp3) is 0.0708. The third kappa shape index (κ3) is 30.4. The second-order valence-corrected chi connectivity index (χ2v) is 32.3. The minimum Gasteiger partial charge on any atom is -0.324 e.